The number of rotatable bonds is 2. The van der Waals surface area contributed by atoms with Gasteiger partial charge in [-0.05, 0) is 36.5 Å². The van der Waals surface area contributed by atoms with Crippen molar-refractivity contribution < 1.29 is 9.47 Å². The predicted octanol–water partition coefficient (Wildman–Crippen LogP) is 3.41. The molecule has 2 N–H and O–H groups in total. The highest BCUT2D eigenvalue weighted by molar-refractivity contribution is 9.10. The Hall–Kier alpha value is -0.740. The molecule has 1 aliphatic carbocycles. The maximum absolute atomic E-state index is 6.35. The van der Waals surface area contributed by atoms with Crippen molar-refractivity contribution in [2.45, 2.75) is 31.7 Å². The fraction of sp³-hybridized carbons (Fsp3) is 0.571. The molecule has 1 aromatic rings. The molecule has 98 valence electrons. The number of ether oxygens (including phenoxy) is 2. The van der Waals surface area contributed by atoms with Crippen LogP contribution in [0.25, 0.3) is 0 Å². The maximum Gasteiger partial charge on any atom is 0.162 e. The van der Waals surface area contributed by atoms with Gasteiger partial charge in [-0.3, -0.25) is 0 Å². The van der Waals surface area contributed by atoms with Crippen molar-refractivity contribution in [2.24, 2.45) is 11.7 Å². The van der Waals surface area contributed by atoms with E-state index in [2.05, 4.69) is 15.9 Å². The van der Waals surface area contributed by atoms with Crippen molar-refractivity contribution in [3.05, 3.63) is 22.2 Å². The summed E-state index contributed by atoms with van der Waals surface area (Å²) in [5, 5.41) is 0. The monoisotopic (exact) mass is 311 g/mol. The van der Waals surface area contributed by atoms with Crippen molar-refractivity contribution >= 4 is 15.9 Å². The highest BCUT2D eigenvalue weighted by atomic mass is 79.9. The summed E-state index contributed by atoms with van der Waals surface area (Å²) < 4.78 is 12.4. The van der Waals surface area contributed by atoms with Crippen molar-refractivity contribution in [2.75, 3.05) is 13.2 Å². The van der Waals surface area contributed by atoms with Crippen LogP contribution in [0.15, 0.2) is 16.6 Å². The molecule has 3 rings (SSSR count). The molecule has 4 heteroatoms. The van der Waals surface area contributed by atoms with Gasteiger partial charge < -0.3 is 15.2 Å². The summed E-state index contributed by atoms with van der Waals surface area (Å²) in [6.45, 7) is 1.43. The number of hydrogen-bond acceptors (Lipinski definition) is 3. The first-order valence-electron chi connectivity index (χ1n) is 6.60. The van der Waals surface area contributed by atoms with Crippen LogP contribution in [0.3, 0.4) is 0 Å². The lowest BCUT2D eigenvalue weighted by Gasteiger charge is -2.32. The Balaban J connectivity index is 1.92. The minimum absolute atomic E-state index is 0.102. The van der Waals surface area contributed by atoms with Crippen LogP contribution in [0.1, 0.15) is 37.3 Å². The van der Waals surface area contributed by atoms with Crippen LogP contribution < -0.4 is 15.2 Å². The molecule has 1 heterocycles. The summed E-state index contributed by atoms with van der Waals surface area (Å²) in [6, 6.07) is 4.15. The Kier molecular flexibility index (Phi) is 3.48. The van der Waals surface area contributed by atoms with E-state index in [0.29, 0.717) is 19.1 Å². The third kappa shape index (κ3) is 2.24. The second-order valence-corrected chi connectivity index (χ2v) is 5.94. The first kappa shape index (κ1) is 12.3. The highest BCUT2D eigenvalue weighted by Gasteiger charge is 2.28. The second kappa shape index (κ2) is 5.10. The lowest BCUT2D eigenvalue weighted by atomic mass is 9.77. The lowest BCUT2D eigenvalue weighted by molar-refractivity contribution is 0.263. The van der Waals surface area contributed by atoms with E-state index in [1.807, 2.05) is 12.1 Å². The van der Waals surface area contributed by atoms with Gasteiger partial charge in [0.25, 0.3) is 0 Å². The van der Waals surface area contributed by atoms with E-state index >= 15 is 0 Å². The van der Waals surface area contributed by atoms with Crippen molar-refractivity contribution in [3.63, 3.8) is 0 Å². The molecule has 0 bridgehead atoms. The van der Waals surface area contributed by atoms with Crippen molar-refractivity contribution in [3.8, 4) is 11.5 Å². The Bertz CT molecular complexity index is 446. The Morgan fingerprint density at radius 2 is 1.78 bits per heavy atom. The molecule has 1 atom stereocenters. The summed E-state index contributed by atoms with van der Waals surface area (Å²) in [7, 11) is 0. The van der Waals surface area contributed by atoms with Crippen LogP contribution in [-0.2, 0) is 0 Å². The first-order chi connectivity index (χ1) is 8.75. The van der Waals surface area contributed by atoms with Gasteiger partial charge in [-0.15, -0.1) is 0 Å². The molecule has 2 aliphatic rings. The average Bonchev–Trinajstić information content (AvgIpc) is 2.50. The Morgan fingerprint density at radius 1 is 1.11 bits per heavy atom. The third-order valence-corrected chi connectivity index (χ3v) is 4.57. The molecule has 0 saturated heterocycles. The predicted molar refractivity (Wildman–Crippen MR) is 74.0 cm³/mol. The zero-order valence-corrected chi connectivity index (χ0v) is 11.9. The molecule has 18 heavy (non-hydrogen) atoms. The largest absolute Gasteiger partial charge is 0.490 e. The summed E-state index contributed by atoms with van der Waals surface area (Å²) in [4.78, 5) is 0. The number of halogens is 1. The zero-order chi connectivity index (χ0) is 12.5. The fourth-order valence-corrected chi connectivity index (χ4v) is 3.09. The summed E-state index contributed by atoms with van der Waals surface area (Å²) >= 11 is 3.61. The van der Waals surface area contributed by atoms with Gasteiger partial charge in [0, 0.05) is 16.9 Å². The van der Waals surface area contributed by atoms with Crippen molar-refractivity contribution in [1.29, 1.82) is 0 Å². The molecule has 3 nitrogen and oxygen atoms in total. The lowest BCUT2D eigenvalue weighted by Crippen LogP contribution is -2.27. The summed E-state index contributed by atoms with van der Waals surface area (Å²) in [5.41, 5.74) is 7.49. The van der Waals surface area contributed by atoms with Gasteiger partial charge in [0.05, 0.1) is 13.2 Å². The first-order valence-corrected chi connectivity index (χ1v) is 7.39. The summed E-state index contributed by atoms with van der Waals surface area (Å²) in [5.74, 6) is 2.27. The second-order valence-electron chi connectivity index (χ2n) is 5.09. The molecule has 1 unspecified atom stereocenters. The number of nitrogens with two attached hydrogens (primary N) is 1. The quantitative estimate of drug-likeness (QED) is 0.910. The van der Waals surface area contributed by atoms with E-state index < -0.39 is 0 Å². The average molecular weight is 312 g/mol. The van der Waals surface area contributed by atoms with Gasteiger partial charge in [0.2, 0.25) is 0 Å². The molecule has 0 amide bonds. The number of benzene rings is 1. The molecule has 1 aromatic carbocycles. The maximum atomic E-state index is 6.35. The Morgan fingerprint density at radius 3 is 2.39 bits per heavy atom. The van der Waals surface area contributed by atoms with E-state index in [1.54, 1.807) is 0 Å². The van der Waals surface area contributed by atoms with Crippen LogP contribution >= 0.6 is 15.9 Å². The standard InChI is InChI=1S/C14H18BrNO2/c15-11-8-13-12(17-5-2-6-18-13)7-10(11)14(16)9-3-1-4-9/h7-9,14H,1-6,16H2. The molecule has 0 aromatic heterocycles. The fourth-order valence-electron chi connectivity index (χ4n) is 2.51. The normalized spacial score (nSPS) is 21.0. The molecule has 1 aliphatic heterocycles. The van der Waals surface area contributed by atoms with Gasteiger partial charge in [-0.1, -0.05) is 22.4 Å². The van der Waals surface area contributed by atoms with Crippen LogP contribution in [0.2, 0.25) is 0 Å². The molecular formula is C14H18BrNO2. The number of fused-ring (bicyclic) bond motifs is 1. The topological polar surface area (TPSA) is 44.5 Å². The van der Waals surface area contributed by atoms with Crippen molar-refractivity contribution in [1.82, 2.24) is 0 Å². The molecule has 0 spiro atoms. The van der Waals surface area contributed by atoms with Gasteiger partial charge in [-0.25, -0.2) is 0 Å². The third-order valence-electron chi connectivity index (χ3n) is 3.88. The smallest absolute Gasteiger partial charge is 0.162 e. The van der Waals surface area contributed by atoms with E-state index in [1.165, 1.54) is 19.3 Å². The SMILES string of the molecule is NC(c1cc2c(cc1Br)OCCCO2)C1CCC1. The van der Waals surface area contributed by atoms with Gasteiger partial charge >= 0.3 is 0 Å². The van der Waals surface area contributed by atoms with Gasteiger partial charge in [0.1, 0.15) is 0 Å². The zero-order valence-electron chi connectivity index (χ0n) is 10.3. The van der Waals surface area contributed by atoms with Crippen LogP contribution in [0.4, 0.5) is 0 Å². The van der Waals surface area contributed by atoms with E-state index in [9.17, 15) is 0 Å². The van der Waals surface area contributed by atoms with Crippen LogP contribution in [0, 0.1) is 5.92 Å². The minimum Gasteiger partial charge on any atom is -0.490 e. The summed E-state index contributed by atoms with van der Waals surface area (Å²) in [6.07, 6.45) is 4.71. The molecule has 1 saturated carbocycles. The van der Waals surface area contributed by atoms with E-state index in [-0.39, 0.29) is 6.04 Å². The Labute approximate surface area is 116 Å². The van der Waals surface area contributed by atoms with E-state index in [4.69, 9.17) is 15.2 Å². The van der Waals surface area contributed by atoms with E-state index in [0.717, 1.165) is 28.0 Å². The molecule has 0 radical (unpaired) electrons. The molecule has 1 fully saturated rings. The molecular weight excluding hydrogens is 294 g/mol. The highest BCUT2D eigenvalue weighted by Crippen LogP contribution is 2.42. The van der Waals surface area contributed by atoms with Gasteiger partial charge in [0.15, 0.2) is 11.5 Å². The number of hydrogen-bond donors (Lipinski definition) is 1. The van der Waals surface area contributed by atoms with Crippen LogP contribution in [-0.4, -0.2) is 13.2 Å². The minimum atomic E-state index is 0.102. The van der Waals surface area contributed by atoms with Gasteiger partial charge in [-0.2, -0.15) is 0 Å². The van der Waals surface area contributed by atoms with Crippen LogP contribution in [0.5, 0.6) is 11.5 Å².